The lowest BCUT2D eigenvalue weighted by Gasteiger charge is -2.07. The standard InChI is InChI=1S/C18H12Cl2N2O3/c19-13-7-3-1-5-11(13)15-9-10-16(25-15)18(24)22-21-17(23)12-6-2-4-8-14(12)20/h1-10H,(H,21,23)(H,22,24). The van der Waals surface area contributed by atoms with Crippen LogP contribution >= 0.6 is 23.2 Å². The van der Waals surface area contributed by atoms with E-state index in [1.165, 1.54) is 6.07 Å². The molecule has 0 saturated heterocycles. The topological polar surface area (TPSA) is 71.3 Å². The Balaban J connectivity index is 1.68. The van der Waals surface area contributed by atoms with E-state index < -0.39 is 11.8 Å². The number of hydrogen-bond acceptors (Lipinski definition) is 3. The molecule has 1 aromatic heterocycles. The van der Waals surface area contributed by atoms with Crippen molar-refractivity contribution >= 4 is 35.0 Å². The third-order valence-electron chi connectivity index (χ3n) is 3.38. The van der Waals surface area contributed by atoms with Crippen LogP contribution in [0.5, 0.6) is 0 Å². The number of amides is 2. The fraction of sp³-hybridized carbons (Fsp3) is 0. The molecule has 3 aromatic rings. The van der Waals surface area contributed by atoms with Gasteiger partial charge in [0.2, 0.25) is 0 Å². The Labute approximate surface area is 153 Å². The molecule has 25 heavy (non-hydrogen) atoms. The van der Waals surface area contributed by atoms with Gasteiger partial charge >= 0.3 is 5.91 Å². The largest absolute Gasteiger partial charge is 0.451 e. The van der Waals surface area contributed by atoms with Gasteiger partial charge in [-0.05, 0) is 36.4 Å². The molecule has 0 radical (unpaired) electrons. The van der Waals surface area contributed by atoms with Gasteiger partial charge in [0.25, 0.3) is 5.91 Å². The van der Waals surface area contributed by atoms with Crippen molar-refractivity contribution in [2.75, 3.05) is 0 Å². The van der Waals surface area contributed by atoms with E-state index in [1.807, 2.05) is 6.07 Å². The van der Waals surface area contributed by atoms with Crippen molar-refractivity contribution in [2.45, 2.75) is 0 Å². The number of halogens is 2. The molecule has 0 aliphatic carbocycles. The number of carbonyl (C=O) groups is 2. The second-order valence-corrected chi connectivity index (χ2v) is 5.85. The minimum absolute atomic E-state index is 0.0365. The molecular weight excluding hydrogens is 363 g/mol. The number of nitrogens with one attached hydrogen (secondary N) is 2. The lowest BCUT2D eigenvalue weighted by molar-refractivity contribution is 0.0831. The van der Waals surface area contributed by atoms with Gasteiger partial charge in [-0.1, -0.05) is 47.5 Å². The van der Waals surface area contributed by atoms with Crippen LogP contribution in [0.1, 0.15) is 20.9 Å². The average molecular weight is 375 g/mol. The zero-order valence-corrected chi connectivity index (χ0v) is 14.3. The summed E-state index contributed by atoms with van der Waals surface area (Å²) in [5.74, 6) is -0.641. The van der Waals surface area contributed by atoms with Crippen molar-refractivity contribution < 1.29 is 14.0 Å². The Bertz CT molecular complexity index is 937. The van der Waals surface area contributed by atoms with Crippen LogP contribution in [0, 0.1) is 0 Å². The number of furan rings is 1. The fourth-order valence-electron chi connectivity index (χ4n) is 2.15. The average Bonchev–Trinajstić information content (AvgIpc) is 3.10. The molecule has 126 valence electrons. The maximum atomic E-state index is 12.1. The van der Waals surface area contributed by atoms with Crippen LogP contribution in [0.15, 0.2) is 65.1 Å². The number of carbonyl (C=O) groups excluding carboxylic acids is 2. The summed E-state index contributed by atoms with van der Waals surface area (Å²) in [6.07, 6.45) is 0. The molecule has 2 N–H and O–H groups in total. The minimum atomic E-state index is -0.598. The molecule has 2 aromatic carbocycles. The van der Waals surface area contributed by atoms with E-state index in [0.717, 1.165) is 0 Å². The Hall–Kier alpha value is -2.76. The highest BCUT2D eigenvalue weighted by Gasteiger charge is 2.15. The predicted molar refractivity (Wildman–Crippen MR) is 95.5 cm³/mol. The Morgan fingerprint density at radius 1 is 0.760 bits per heavy atom. The van der Waals surface area contributed by atoms with E-state index in [4.69, 9.17) is 27.6 Å². The van der Waals surface area contributed by atoms with Crippen LogP contribution in [0.3, 0.4) is 0 Å². The summed E-state index contributed by atoms with van der Waals surface area (Å²) < 4.78 is 5.50. The third-order valence-corrected chi connectivity index (χ3v) is 4.04. The molecule has 0 aliphatic heterocycles. The van der Waals surface area contributed by atoms with E-state index in [1.54, 1.807) is 48.5 Å². The van der Waals surface area contributed by atoms with Crippen molar-refractivity contribution in [2.24, 2.45) is 0 Å². The van der Waals surface area contributed by atoms with Crippen molar-refractivity contribution in [1.82, 2.24) is 10.9 Å². The highest BCUT2D eigenvalue weighted by Crippen LogP contribution is 2.28. The van der Waals surface area contributed by atoms with Gasteiger partial charge < -0.3 is 4.42 Å². The molecule has 0 bridgehead atoms. The third kappa shape index (κ3) is 3.84. The van der Waals surface area contributed by atoms with Gasteiger partial charge in [-0.3, -0.25) is 20.4 Å². The van der Waals surface area contributed by atoms with Gasteiger partial charge in [0.1, 0.15) is 5.76 Å². The van der Waals surface area contributed by atoms with E-state index in [0.29, 0.717) is 16.3 Å². The van der Waals surface area contributed by atoms with Gasteiger partial charge in [-0.2, -0.15) is 0 Å². The second-order valence-electron chi connectivity index (χ2n) is 5.03. The molecule has 1 heterocycles. The zero-order valence-electron chi connectivity index (χ0n) is 12.8. The number of benzene rings is 2. The van der Waals surface area contributed by atoms with E-state index >= 15 is 0 Å². The summed E-state index contributed by atoms with van der Waals surface area (Å²) in [5, 5.41) is 0.795. The van der Waals surface area contributed by atoms with Crippen LogP contribution < -0.4 is 10.9 Å². The van der Waals surface area contributed by atoms with Crippen LogP contribution in [-0.4, -0.2) is 11.8 Å². The molecule has 0 atom stereocenters. The predicted octanol–water partition coefficient (Wildman–Crippen LogP) is 4.33. The quantitative estimate of drug-likeness (QED) is 0.670. The molecule has 2 amide bonds. The summed E-state index contributed by atoms with van der Waals surface area (Å²) in [5.41, 5.74) is 5.49. The van der Waals surface area contributed by atoms with Gasteiger partial charge in [-0.25, -0.2) is 0 Å². The minimum Gasteiger partial charge on any atom is -0.451 e. The van der Waals surface area contributed by atoms with Gasteiger partial charge in [-0.15, -0.1) is 0 Å². The summed E-state index contributed by atoms with van der Waals surface area (Å²) in [6.45, 7) is 0. The van der Waals surface area contributed by atoms with Gasteiger partial charge in [0.05, 0.1) is 15.6 Å². The maximum absolute atomic E-state index is 12.1. The second kappa shape index (κ2) is 7.42. The number of hydrogen-bond donors (Lipinski definition) is 2. The first-order valence-electron chi connectivity index (χ1n) is 7.26. The summed E-state index contributed by atoms with van der Waals surface area (Å²) >= 11 is 12.0. The van der Waals surface area contributed by atoms with E-state index in [2.05, 4.69) is 10.9 Å². The fourth-order valence-corrected chi connectivity index (χ4v) is 2.60. The lowest BCUT2D eigenvalue weighted by Crippen LogP contribution is -2.41. The summed E-state index contributed by atoms with van der Waals surface area (Å²) in [7, 11) is 0. The Morgan fingerprint density at radius 2 is 1.40 bits per heavy atom. The zero-order chi connectivity index (χ0) is 17.8. The molecule has 3 rings (SSSR count). The van der Waals surface area contributed by atoms with Crippen LogP contribution in [-0.2, 0) is 0 Å². The maximum Gasteiger partial charge on any atom is 0.305 e. The first-order chi connectivity index (χ1) is 12.1. The first-order valence-corrected chi connectivity index (χ1v) is 8.02. The SMILES string of the molecule is O=C(NNC(=O)c1ccccc1Cl)c1ccc(-c2ccccc2Cl)o1. The highest BCUT2D eigenvalue weighted by atomic mass is 35.5. The smallest absolute Gasteiger partial charge is 0.305 e. The normalized spacial score (nSPS) is 10.3. The van der Waals surface area contributed by atoms with Crippen molar-refractivity contribution in [3.63, 3.8) is 0 Å². The van der Waals surface area contributed by atoms with Crippen LogP contribution in [0.2, 0.25) is 10.0 Å². The van der Waals surface area contributed by atoms with E-state index in [-0.39, 0.29) is 16.3 Å². The molecule has 0 fully saturated rings. The molecule has 0 spiro atoms. The first kappa shape index (κ1) is 17.1. The van der Waals surface area contributed by atoms with Crippen molar-refractivity contribution in [3.8, 4) is 11.3 Å². The van der Waals surface area contributed by atoms with Gasteiger partial charge in [0.15, 0.2) is 5.76 Å². The highest BCUT2D eigenvalue weighted by molar-refractivity contribution is 6.34. The van der Waals surface area contributed by atoms with Crippen molar-refractivity contribution in [3.05, 3.63) is 82.0 Å². The monoisotopic (exact) mass is 374 g/mol. The molecule has 0 aliphatic rings. The lowest BCUT2D eigenvalue weighted by atomic mass is 10.2. The Morgan fingerprint density at radius 3 is 2.12 bits per heavy atom. The van der Waals surface area contributed by atoms with Crippen LogP contribution in [0.4, 0.5) is 0 Å². The Kier molecular flexibility index (Phi) is 5.07. The van der Waals surface area contributed by atoms with Crippen LogP contribution in [0.25, 0.3) is 11.3 Å². The van der Waals surface area contributed by atoms with Crippen molar-refractivity contribution in [1.29, 1.82) is 0 Å². The molecule has 5 nitrogen and oxygen atoms in total. The summed E-state index contributed by atoms with van der Waals surface area (Å²) in [6, 6.07) is 16.8. The summed E-state index contributed by atoms with van der Waals surface area (Å²) in [4.78, 5) is 24.1. The number of hydrazine groups is 1. The van der Waals surface area contributed by atoms with E-state index in [9.17, 15) is 9.59 Å². The van der Waals surface area contributed by atoms with Gasteiger partial charge in [0, 0.05) is 5.56 Å². The molecule has 0 unspecified atom stereocenters. The number of rotatable bonds is 3. The molecular formula is C18H12Cl2N2O3. The molecule has 7 heteroatoms. The molecule has 0 saturated carbocycles.